The van der Waals surface area contributed by atoms with Crippen LogP contribution in [0.15, 0.2) is 108 Å². The Bertz CT molecular complexity index is 1210. The Morgan fingerprint density at radius 2 is 1.41 bits per heavy atom. The number of carbonyl (C=O) groups excluding carboxylic acids is 1. The fraction of sp³-hybridized carbons (Fsp3) is 0.167. The van der Waals surface area contributed by atoms with E-state index in [4.69, 9.17) is 0 Å². The van der Waals surface area contributed by atoms with Gasteiger partial charge in [0.25, 0.3) is 5.91 Å². The van der Waals surface area contributed by atoms with E-state index < -0.39 is 0 Å². The molecule has 0 spiro atoms. The van der Waals surface area contributed by atoms with Crippen LogP contribution in [0, 0.1) is 0 Å². The van der Waals surface area contributed by atoms with Crippen molar-refractivity contribution in [2.75, 3.05) is 6.54 Å². The summed E-state index contributed by atoms with van der Waals surface area (Å²) in [6.45, 7) is 3.47. The molecule has 1 amide bonds. The molecule has 0 atom stereocenters. The second-order valence-electron chi connectivity index (χ2n) is 8.11. The molecule has 0 radical (unpaired) electrons. The fourth-order valence-corrected chi connectivity index (χ4v) is 4.57. The van der Waals surface area contributed by atoms with Gasteiger partial charge in [-0.2, -0.15) is 0 Å². The molecule has 0 unspecified atom stereocenters. The maximum Gasteiger partial charge on any atom is 0.251 e. The van der Waals surface area contributed by atoms with Gasteiger partial charge in [0, 0.05) is 23.5 Å². The summed E-state index contributed by atoms with van der Waals surface area (Å²) in [7, 11) is 0. The molecule has 0 saturated carbocycles. The lowest BCUT2D eigenvalue weighted by molar-refractivity contribution is 0.0955. The largest absolute Gasteiger partial charge is 0.352 e. The molecule has 0 saturated heterocycles. The molecule has 4 heteroatoms. The third kappa shape index (κ3) is 6.37. The molecular weight excluding hydrogens is 436 g/mol. The zero-order valence-corrected chi connectivity index (χ0v) is 20.3. The number of rotatable bonds is 10. The molecule has 4 rings (SSSR count). The molecule has 0 aliphatic rings. The van der Waals surface area contributed by atoms with Crippen LogP contribution in [0.5, 0.6) is 0 Å². The first-order chi connectivity index (χ1) is 16.7. The highest BCUT2D eigenvalue weighted by molar-refractivity contribution is 7.97. The molecule has 0 aromatic heterocycles. The van der Waals surface area contributed by atoms with E-state index in [2.05, 4.69) is 65.5 Å². The smallest absolute Gasteiger partial charge is 0.251 e. The first-order valence-corrected chi connectivity index (χ1v) is 12.5. The SMILES string of the molecule is CCc1ccc(SNCc2ccccc2-c2ccccc2C(=O)NCCc2ccccc2)cc1. The number of nitrogens with one attached hydrogen (secondary N) is 2. The Morgan fingerprint density at radius 3 is 2.18 bits per heavy atom. The van der Waals surface area contributed by atoms with Crippen LogP contribution in [-0.2, 0) is 19.4 Å². The normalized spacial score (nSPS) is 10.7. The zero-order chi connectivity index (χ0) is 23.6. The lowest BCUT2D eigenvalue weighted by Crippen LogP contribution is -2.26. The Balaban J connectivity index is 1.44. The molecule has 0 heterocycles. The maximum absolute atomic E-state index is 13.1. The van der Waals surface area contributed by atoms with Gasteiger partial charge >= 0.3 is 0 Å². The van der Waals surface area contributed by atoms with E-state index in [1.807, 2.05) is 54.6 Å². The summed E-state index contributed by atoms with van der Waals surface area (Å²) in [6.07, 6.45) is 1.86. The third-order valence-corrected chi connectivity index (χ3v) is 6.60. The summed E-state index contributed by atoms with van der Waals surface area (Å²) < 4.78 is 3.48. The molecule has 4 aromatic rings. The van der Waals surface area contributed by atoms with E-state index in [-0.39, 0.29) is 5.91 Å². The highest BCUT2D eigenvalue weighted by Gasteiger charge is 2.14. The molecule has 0 bridgehead atoms. The Hall–Kier alpha value is -3.34. The predicted octanol–water partition coefficient (Wildman–Crippen LogP) is 6.69. The van der Waals surface area contributed by atoms with Crippen LogP contribution < -0.4 is 10.0 Å². The van der Waals surface area contributed by atoms with Gasteiger partial charge in [0.1, 0.15) is 0 Å². The summed E-state index contributed by atoms with van der Waals surface area (Å²) in [4.78, 5) is 14.2. The van der Waals surface area contributed by atoms with Gasteiger partial charge in [0.15, 0.2) is 0 Å². The highest BCUT2D eigenvalue weighted by Crippen LogP contribution is 2.28. The van der Waals surface area contributed by atoms with Crippen LogP contribution in [0.25, 0.3) is 11.1 Å². The number of benzene rings is 4. The van der Waals surface area contributed by atoms with Gasteiger partial charge < -0.3 is 5.32 Å². The van der Waals surface area contributed by atoms with Crippen LogP contribution in [0.4, 0.5) is 0 Å². The van der Waals surface area contributed by atoms with Gasteiger partial charge in [-0.25, -0.2) is 0 Å². The Morgan fingerprint density at radius 1 is 0.735 bits per heavy atom. The van der Waals surface area contributed by atoms with Crippen molar-refractivity contribution in [2.24, 2.45) is 0 Å². The van der Waals surface area contributed by atoms with Crippen LogP contribution in [-0.4, -0.2) is 12.5 Å². The molecule has 34 heavy (non-hydrogen) atoms. The molecular formula is C30H30N2OS. The zero-order valence-electron chi connectivity index (χ0n) is 19.5. The number of amides is 1. The molecule has 2 N–H and O–H groups in total. The van der Waals surface area contributed by atoms with Crippen molar-refractivity contribution < 1.29 is 4.79 Å². The van der Waals surface area contributed by atoms with Gasteiger partial charge in [-0.05, 0) is 70.8 Å². The summed E-state index contributed by atoms with van der Waals surface area (Å²) in [6, 6.07) is 35.0. The van der Waals surface area contributed by atoms with Crippen molar-refractivity contribution in [3.05, 3.63) is 125 Å². The van der Waals surface area contributed by atoms with Crippen LogP contribution >= 0.6 is 11.9 Å². The van der Waals surface area contributed by atoms with Gasteiger partial charge in [-0.1, -0.05) is 91.9 Å². The molecule has 4 aromatic carbocycles. The topological polar surface area (TPSA) is 41.1 Å². The quantitative estimate of drug-likeness (QED) is 0.256. The van der Waals surface area contributed by atoms with Crippen molar-refractivity contribution in [3.63, 3.8) is 0 Å². The molecule has 0 fully saturated rings. The second kappa shape index (κ2) is 12.2. The minimum atomic E-state index is -0.0420. The number of hydrogen-bond acceptors (Lipinski definition) is 3. The van der Waals surface area contributed by atoms with Gasteiger partial charge in [0.05, 0.1) is 0 Å². The van der Waals surface area contributed by atoms with E-state index in [0.717, 1.165) is 29.5 Å². The van der Waals surface area contributed by atoms with Crippen LogP contribution in [0.2, 0.25) is 0 Å². The number of carbonyl (C=O) groups is 1. The summed E-state index contributed by atoms with van der Waals surface area (Å²) in [5.74, 6) is -0.0420. The average Bonchev–Trinajstić information content (AvgIpc) is 2.90. The summed E-state index contributed by atoms with van der Waals surface area (Å²) >= 11 is 1.63. The Labute approximate surface area is 206 Å². The van der Waals surface area contributed by atoms with Crippen LogP contribution in [0.3, 0.4) is 0 Å². The Kier molecular flexibility index (Phi) is 8.55. The van der Waals surface area contributed by atoms with Gasteiger partial charge in [0.2, 0.25) is 0 Å². The number of hydrogen-bond donors (Lipinski definition) is 2. The first kappa shape index (κ1) is 23.8. The van der Waals surface area contributed by atoms with E-state index in [9.17, 15) is 4.79 Å². The number of aryl methyl sites for hydroxylation is 1. The van der Waals surface area contributed by atoms with Crippen molar-refractivity contribution in [3.8, 4) is 11.1 Å². The van der Waals surface area contributed by atoms with Crippen molar-refractivity contribution in [1.82, 2.24) is 10.0 Å². The monoisotopic (exact) mass is 466 g/mol. The van der Waals surface area contributed by atoms with Crippen molar-refractivity contribution in [2.45, 2.75) is 31.2 Å². The standard InChI is InChI=1S/C30H30N2OS/c1-2-23-16-18-26(19-17-23)34-32-22-25-12-6-7-13-27(25)28-14-8-9-15-29(28)30(33)31-21-20-24-10-4-3-5-11-24/h3-19,32H,2,20-22H2,1H3,(H,31,33). The summed E-state index contributed by atoms with van der Waals surface area (Å²) in [5.41, 5.74) is 6.44. The highest BCUT2D eigenvalue weighted by atomic mass is 32.2. The molecule has 0 aliphatic carbocycles. The van der Waals surface area contributed by atoms with E-state index in [1.165, 1.54) is 16.0 Å². The van der Waals surface area contributed by atoms with Crippen molar-refractivity contribution >= 4 is 17.9 Å². The van der Waals surface area contributed by atoms with E-state index >= 15 is 0 Å². The van der Waals surface area contributed by atoms with Gasteiger partial charge in [-0.3, -0.25) is 9.52 Å². The lowest BCUT2D eigenvalue weighted by Gasteiger charge is -2.14. The van der Waals surface area contributed by atoms with Crippen LogP contribution in [0.1, 0.15) is 34.0 Å². The fourth-order valence-electron chi connectivity index (χ4n) is 3.90. The lowest BCUT2D eigenvalue weighted by atomic mass is 9.95. The average molecular weight is 467 g/mol. The van der Waals surface area contributed by atoms with Gasteiger partial charge in [-0.15, -0.1) is 0 Å². The van der Waals surface area contributed by atoms with Crippen molar-refractivity contribution in [1.29, 1.82) is 0 Å². The molecule has 3 nitrogen and oxygen atoms in total. The molecule has 0 aliphatic heterocycles. The minimum Gasteiger partial charge on any atom is -0.352 e. The van der Waals surface area contributed by atoms with E-state index in [1.54, 1.807) is 11.9 Å². The summed E-state index contributed by atoms with van der Waals surface area (Å²) in [5, 5.41) is 3.09. The second-order valence-corrected chi connectivity index (χ2v) is 9.08. The minimum absolute atomic E-state index is 0.0420. The third-order valence-electron chi connectivity index (χ3n) is 5.81. The predicted molar refractivity (Wildman–Crippen MR) is 143 cm³/mol. The first-order valence-electron chi connectivity index (χ1n) is 11.7. The molecule has 172 valence electrons. The maximum atomic E-state index is 13.1. The van der Waals surface area contributed by atoms with E-state index in [0.29, 0.717) is 18.7 Å².